The zero-order valence-electron chi connectivity index (χ0n) is 19.0. The Balaban J connectivity index is 1.67. The number of alkyl halides is 2. The minimum Gasteiger partial charge on any atom is -0.434 e. The predicted molar refractivity (Wildman–Crippen MR) is 126 cm³/mol. The molecule has 0 amide bonds. The van der Waals surface area contributed by atoms with Crippen molar-refractivity contribution in [3.05, 3.63) is 77.9 Å². The number of halogens is 3. The SMILES string of the molecule is CN1Cc2nc3cc(F)c(-c4ccc(S(C)(=O)=O)cc4)cc3n2[C@H](c2ccccc2OC(F)F)C1. The van der Waals surface area contributed by atoms with Gasteiger partial charge >= 0.3 is 6.61 Å². The summed E-state index contributed by atoms with van der Waals surface area (Å²) in [7, 11) is -1.48. The van der Waals surface area contributed by atoms with Crippen LogP contribution in [0.15, 0.2) is 65.6 Å². The number of imidazole rings is 1. The zero-order chi connectivity index (χ0) is 24.9. The van der Waals surface area contributed by atoms with Crippen molar-refractivity contribution in [1.29, 1.82) is 0 Å². The number of fused-ring (bicyclic) bond motifs is 3. The van der Waals surface area contributed by atoms with Gasteiger partial charge in [0.25, 0.3) is 0 Å². The average molecular weight is 502 g/mol. The average Bonchev–Trinajstić information content (AvgIpc) is 3.14. The Morgan fingerprint density at radius 2 is 1.80 bits per heavy atom. The summed E-state index contributed by atoms with van der Waals surface area (Å²) in [4.78, 5) is 6.79. The van der Waals surface area contributed by atoms with Crippen molar-refractivity contribution < 1.29 is 26.3 Å². The zero-order valence-corrected chi connectivity index (χ0v) is 19.8. The molecule has 4 aromatic rings. The maximum absolute atomic E-state index is 15.1. The molecule has 0 N–H and O–H groups in total. The number of likely N-dealkylation sites (N-methyl/N-ethyl adjacent to an activating group) is 1. The van der Waals surface area contributed by atoms with Gasteiger partial charge in [-0.3, -0.25) is 4.90 Å². The first-order chi connectivity index (χ1) is 16.6. The molecule has 1 aliphatic rings. The van der Waals surface area contributed by atoms with Gasteiger partial charge in [-0.25, -0.2) is 17.8 Å². The van der Waals surface area contributed by atoms with Gasteiger partial charge in [-0.2, -0.15) is 8.78 Å². The lowest BCUT2D eigenvalue weighted by Crippen LogP contribution is -2.35. The number of ether oxygens (including phenoxy) is 1. The number of rotatable bonds is 5. The van der Waals surface area contributed by atoms with Gasteiger partial charge < -0.3 is 9.30 Å². The summed E-state index contributed by atoms with van der Waals surface area (Å²) in [5.74, 6) is 0.260. The lowest BCUT2D eigenvalue weighted by molar-refractivity contribution is -0.0508. The highest BCUT2D eigenvalue weighted by atomic mass is 32.2. The molecule has 0 saturated carbocycles. The second-order valence-electron chi connectivity index (χ2n) is 8.64. The normalized spacial score (nSPS) is 16.6. The van der Waals surface area contributed by atoms with E-state index in [4.69, 9.17) is 4.74 Å². The third kappa shape index (κ3) is 4.39. The standard InChI is InChI=1S/C25H22F3N3O3S/c1-30-13-22(17-5-3-4-6-23(17)34-25(27)28)31-21-11-18(19(26)12-20(21)29-24(31)14-30)15-7-9-16(10-8-15)35(2,32)33/h3-12,22,25H,13-14H2,1-2H3/t22-/m0/s1. The summed E-state index contributed by atoms with van der Waals surface area (Å²) >= 11 is 0. The van der Waals surface area contributed by atoms with Crippen molar-refractivity contribution in [1.82, 2.24) is 14.5 Å². The van der Waals surface area contributed by atoms with E-state index in [1.807, 2.05) is 16.5 Å². The van der Waals surface area contributed by atoms with Gasteiger partial charge in [0.2, 0.25) is 0 Å². The summed E-state index contributed by atoms with van der Waals surface area (Å²) in [5, 5.41) is 0. The van der Waals surface area contributed by atoms with Crippen LogP contribution in [0.3, 0.4) is 0 Å². The second kappa shape index (κ2) is 8.69. The van der Waals surface area contributed by atoms with E-state index in [9.17, 15) is 17.2 Å². The van der Waals surface area contributed by atoms with Gasteiger partial charge in [-0.15, -0.1) is 0 Å². The largest absolute Gasteiger partial charge is 0.434 e. The van der Waals surface area contributed by atoms with Crippen LogP contribution in [0.1, 0.15) is 17.4 Å². The third-order valence-corrected chi connectivity index (χ3v) is 7.27. The van der Waals surface area contributed by atoms with Crippen LogP contribution in [0, 0.1) is 5.82 Å². The van der Waals surface area contributed by atoms with E-state index in [1.165, 1.54) is 24.3 Å². The summed E-state index contributed by atoms with van der Waals surface area (Å²) in [5.41, 5.74) is 2.46. The Labute approximate surface area is 200 Å². The topological polar surface area (TPSA) is 64.4 Å². The van der Waals surface area contributed by atoms with Crippen LogP contribution in [-0.2, 0) is 16.4 Å². The summed E-state index contributed by atoms with van der Waals surface area (Å²) in [6, 6.07) is 15.3. The highest BCUT2D eigenvalue weighted by molar-refractivity contribution is 7.90. The van der Waals surface area contributed by atoms with Crippen LogP contribution in [-0.4, -0.2) is 49.3 Å². The molecular weight excluding hydrogens is 479 g/mol. The van der Waals surface area contributed by atoms with Crippen molar-refractivity contribution in [2.75, 3.05) is 19.8 Å². The fourth-order valence-electron chi connectivity index (χ4n) is 4.61. The summed E-state index contributed by atoms with van der Waals surface area (Å²) in [6.07, 6.45) is 1.11. The van der Waals surface area contributed by atoms with Gasteiger partial charge in [0.05, 0.1) is 28.5 Å². The van der Waals surface area contributed by atoms with Crippen LogP contribution in [0.25, 0.3) is 22.2 Å². The summed E-state index contributed by atoms with van der Waals surface area (Å²) in [6.45, 7) is -1.95. The van der Waals surface area contributed by atoms with E-state index in [-0.39, 0.29) is 16.2 Å². The van der Waals surface area contributed by atoms with E-state index in [0.717, 1.165) is 6.26 Å². The minimum absolute atomic E-state index is 0.0781. The molecule has 1 atom stereocenters. The first-order valence-electron chi connectivity index (χ1n) is 10.8. The maximum atomic E-state index is 15.1. The fraction of sp³-hybridized carbons (Fsp3) is 0.240. The Morgan fingerprint density at radius 1 is 1.09 bits per heavy atom. The molecule has 10 heteroatoms. The van der Waals surface area contributed by atoms with E-state index < -0.39 is 28.3 Å². The van der Waals surface area contributed by atoms with Gasteiger partial charge in [0.1, 0.15) is 17.4 Å². The van der Waals surface area contributed by atoms with Crippen LogP contribution in [0.5, 0.6) is 5.75 Å². The van der Waals surface area contributed by atoms with Gasteiger partial charge in [-0.05, 0) is 36.9 Å². The maximum Gasteiger partial charge on any atom is 0.387 e. The number of para-hydroxylation sites is 1. The first-order valence-corrected chi connectivity index (χ1v) is 12.7. The molecule has 0 spiro atoms. The molecule has 35 heavy (non-hydrogen) atoms. The molecule has 5 rings (SSSR count). The van der Waals surface area contributed by atoms with Gasteiger partial charge in [0.15, 0.2) is 9.84 Å². The molecule has 0 aliphatic carbocycles. The number of aromatic nitrogens is 2. The van der Waals surface area contributed by atoms with Gasteiger partial charge in [0, 0.05) is 30.0 Å². The fourth-order valence-corrected chi connectivity index (χ4v) is 5.24. The van der Waals surface area contributed by atoms with Crippen LogP contribution in [0.4, 0.5) is 13.2 Å². The second-order valence-corrected chi connectivity index (χ2v) is 10.7. The van der Waals surface area contributed by atoms with E-state index in [2.05, 4.69) is 4.98 Å². The van der Waals surface area contributed by atoms with E-state index >= 15 is 4.39 Å². The number of hydrogen-bond acceptors (Lipinski definition) is 5. The molecule has 0 bridgehead atoms. The molecule has 0 saturated heterocycles. The number of hydrogen-bond donors (Lipinski definition) is 0. The molecule has 1 aliphatic heterocycles. The summed E-state index contributed by atoms with van der Waals surface area (Å²) < 4.78 is 71.6. The Kier molecular flexibility index (Phi) is 5.80. The smallest absolute Gasteiger partial charge is 0.387 e. The van der Waals surface area contributed by atoms with Crippen molar-refractivity contribution in [3.63, 3.8) is 0 Å². The monoisotopic (exact) mass is 501 g/mol. The van der Waals surface area contributed by atoms with Crippen LogP contribution in [0.2, 0.25) is 0 Å². The molecular formula is C25H22F3N3O3S. The molecule has 6 nitrogen and oxygen atoms in total. The molecule has 3 aromatic carbocycles. The third-order valence-electron chi connectivity index (χ3n) is 6.15. The molecule has 0 fully saturated rings. The number of nitrogens with zero attached hydrogens (tertiary/aromatic N) is 3. The van der Waals surface area contributed by atoms with Gasteiger partial charge in [-0.1, -0.05) is 30.3 Å². The Hall–Kier alpha value is -3.37. The molecule has 182 valence electrons. The van der Waals surface area contributed by atoms with Crippen molar-refractivity contribution in [2.24, 2.45) is 0 Å². The van der Waals surface area contributed by atoms with E-state index in [1.54, 1.807) is 36.4 Å². The lowest BCUT2D eigenvalue weighted by Gasteiger charge is -2.33. The number of benzene rings is 3. The predicted octanol–water partition coefficient (Wildman–Crippen LogP) is 4.88. The molecule has 2 heterocycles. The number of sulfone groups is 1. The van der Waals surface area contributed by atoms with Crippen molar-refractivity contribution in [3.8, 4) is 16.9 Å². The van der Waals surface area contributed by atoms with Crippen LogP contribution >= 0.6 is 0 Å². The highest BCUT2D eigenvalue weighted by Gasteiger charge is 2.30. The first kappa shape index (κ1) is 23.4. The van der Waals surface area contributed by atoms with Crippen molar-refractivity contribution in [2.45, 2.75) is 24.1 Å². The Bertz CT molecular complexity index is 1520. The lowest BCUT2D eigenvalue weighted by atomic mass is 10.0. The molecule has 0 radical (unpaired) electrons. The highest BCUT2D eigenvalue weighted by Crippen LogP contribution is 2.38. The van der Waals surface area contributed by atoms with Crippen molar-refractivity contribution >= 4 is 20.9 Å². The quantitative estimate of drug-likeness (QED) is 0.390. The molecule has 0 unspecified atom stereocenters. The van der Waals surface area contributed by atoms with E-state index in [0.29, 0.717) is 41.1 Å². The Morgan fingerprint density at radius 3 is 2.49 bits per heavy atom. The van der Waals surface area contributed by atoms with Crippen LogP contribution < -0.4 is 4.74 Å². The molecule has 1 aromatic heterocycles. The minimum atomic E-state index is -3.38.